The lowest BCUT2D eigenvalue weighted by molar-refractivity contribution is -0.137. The minimum Gasteiger partial charge on any atom is -0.480 e. The number of aromatic nitrogens is 3. The summed E-state index contributed by atoms with van der Waals surface area (Å²) in [6.07, 6.45) is 3.44. The van der Waals surface area contributed by atoms with Crippen molar-refractivity contribution in [1.82, 2.24) is 19.7 Å². The number of piperidine rings is 1. The number of carboxylic acid groups (broad SMARTS) is 1. The average molecular weight is 348 g/mol. The Morgan fingerprint density at radius 2 is 2.21 bits per heavy atom. The van der Waals surface area contributed by atoms with Crippen molar-refractivity contribution in [2.45, 2.75) is 39.2 Å². The first-order valence-corrected chi connectivity index (χ1v) is 8.74. The fourth-order valence-corrected chi connectivity index (χ4v) is 4.11. The second kappa shape index (κ2) is 6.72. The highest BCUT2D eigenvalue weighted by molar-refractivity contribution is 7.13. The molecule has 7 nitrogen and oxygen atoms in total. The monoisotopic (exact) mass is 348 g/mol. The predicted molar refractivity (Wildman–Crippen MR) is 89.3 cm³/mol. The van der Waals surface area contributed by atoms with Crippen molar-refractivity contribution in [3.05, 3.63) is 33.5 Å². The molecule has 3 heterocycles. The Morgan fingerprint density at radius 3 is 2.88 bits per heavy atom. The number of carbonyl (C=O) groups is 2. The van der Waals surface area contributed by atoms with Gasteiger partial charge in [0.05, 0.1) is 10.7 Å². The summed E-state index contributed by atoms with van der Waals surface area (Å²) in [4.78, 5) is 30.6. The van der Waals surface area contributed by atoms with Gasteiger partial charge in [0.1, 0.15) is 11.4 Å². The number of thiazole rings is 1. The van der Waals surface area contributed by atoms with E-state index in [4.69, 9.17) is 5.11 Å². The van der Waals surface area contributed by atoms with Crippen molar-refractivity contribution in [3.8, 4) is 0 Å². The van der Waals surface area contributed by atoms with Crippen LogP contribution in [0.15, 0.2) is 12.3 Å². The summed E-state index contributed by atoms with van der Waals surface area (Å²) in [6, 6.07) is 1.85. The maximum atomic E-state index is 12.8. The third-order valence-corrected chi connectivity index (χ3v) is 5.32. The van der Waals surface area contributed by atoms with Crippen molar-refractivity contribution in [1.29, 1.82) is 0 Å². The van der Waals surface area contributed by atoms with Crippen LogP contribution in [-0.4, -0.2) is 49.7 Å². The molecule has 0 bridgehead atoms. The van der Waals surface area contributed by atoms with Gasteiger partial charge < -0.3 is 10.0 Å². The third kappa shape index (κ3) is 3.33. The van der Waals surface area contributed by atoms with E-state index in [1.807, 2.05) is 24.8 Å². The zero-order valence-electron chi connectivity index (χ0n) is 13.7. The van der Waals surface area contributed by atoms with Crippen LogP contribution in [0.3, 0.4) is 0 Å². The van der Waals surface area contributed by atoms with Gasteiger partial charge in [0, 0.05) is 30.9 Å². The lowest BCUT2D eigenvalue weighted by Gasteiger charge is -2.32. The van der Waals surface area contributed by atoms with Gasteiger partial charge in [-0.1, -0.05) is 0 Å². The predicted octanol–water partition coefficient (Wildman–Crippen LogP) is 2.06. The average Bonchev–Trinajstić information content (AvgIpc) is 3.12. The largest absolute Gasteiger partial charge is 0.480 e. The Kier molecular flexibility index (Phi) is 4.66. The topological polar surface area (TPSA) is 88.3 Å². The number of amides is 1. The Balaban J connectivity index is 1.77. The van der Waals surface area contributed by atoms with Gasteiger partial charge in [0.25, 0.3) is 5.91 Å². The van der Waals surface area contributed by atoms with Gasteiger partial charge in [0.15, 0.2) is 0 Å². The SMILES string of the molecule is Cc1nc(C)c(C(=O)N2CCC[C@H](c3ccnn3CC(=O)O)C2)s1. The lowest BCUT2D eigenvalue weighted by atomic mass is 9.94. The molecular weight excluding hydrogens is 328 g/mol. The molecule has 0 aromatic carbocycles. The van der Waals surface area contributed by atoms with Crippen molar-refractivity contribution >= 4 is 23.2 Å². The maximum absolute atomic E-state index is 12.8. The van der Waals surface area contributed by atoms with E-state index < -0.39 is 5.97 Å². The third-order valence-electron chi connectivity index (χ3n) is 4.26. The van der Waals surface area contributed by atoms with E-state index in [1.54, 1.807) is 6.20 Å². The first-order valence-electron chi connectivity index (χ1n) is 7.92. The smallest absolute Gasteiger partial charge is 0.325 e. The molecule has 24 heavy (non-hydrogen) atoms. The Morgan fingerprint density at radius 1 is 1.42 bits per heavy atom. The van der Waals surface area contributed by atoms with E-state index in [1.165, 1.54) is 16.0 Å². The van der Waals surface area contributed by atoms with Gasteiger partial charge in [-0.05, 0) is 32.8 Å². The number of carboxylic acids is 1. The fraction of sp³-hybridized carbons (Fsp3) is 0.500. The molecule has 1 fully saturated rings. The minimum atomic E-state index is -0.917. The summed E-state index contributed by atoms with van der Waals surface area (Å²) in [5.41, 5.74) is 1.66. The molecule has 1 saturated heterocycles. The number of rotatable bonds is 4. The second-order valence-corrected chi connectivity index (χ2v) is 7.25. The van der Waals surface area contributed by atoms with Crippen molar-refractivity contribution in [3.63, 3.8) is 0 Å². The van der Waals surface area contributed by atoms with E-state index in [0.29, 0.717) is 11.4 Å². The Hall–Kier alpha value is -2.22. The Bertz CT molecular complexity index is 767. The first-order chi connectivity index (χ1) is 11.5. The lowest BCUT2D eigenvalue weighted by Crippen LogP contribution is -2.39. The van der Waals surface area contributed by atoms with Gasteiger partial charge in [-0.3, -0.25) is 14.3 Å². The number of hydrogen-bond donors (Lipinski definition) is 1. The quantitative estimate of drug-likeness (QED) is 0.914. The van der Waals surface area contributed by atoms with Crippen LogP contribution >= 0.6 is 11.3 Å². The summed E-state index contributed by atoms with van der Waals surface area (Å²) in [6.45, 7) is 4.91. The van der Waals surface area contributed by atoms with Gasteiger partial charge >= 0.3 is 5.97 Å². The number of nitrogens with zero attached hydrogens (tertiary/aromatic N) is 4. The number of carbonyl (C=O) groups excluding carboxylic acids is 1. The van der Waals surface area contributed by atoms with E-state index in [-0.39, 0.29) is 18.4 Å². The van der Waals surface area contributed by atoms with Crippen LogP contribution in [0.1, 0.15) is 44.8 Å². The van der Waals surface area contributed by atoms with Crippen molar-refractivity contribution in [2.24, 2.45) is 0 Å². The standard InChI is InChI=1S/C16H20N4O3S/c1-10-15(24-11(2)18-10)16(23)19-7-3-4-12(8-19)13-5-6-17-20(13)9-14(21)22/h5-6,12H,3-4,7-9H2,1-2H3,(H,21,22)/t12-/m0/s1. The molecule has 0 saturated carbocycles. The molecule has 128 valence electrons. The van der Waals surface area contributed by atoms with Crippen molar-refractivity contribution in [2.75, 3.05) is 13.1 Å². The molecule has 3 rings (SSSR count). The normalized spacial score (nSPS) is 17.9. The summed E-state index contributed by atoms with van der Waals surface area (Å²) >= 11 is 1.43. The van der Waals surface area contributed by atoms with E-state index >= 15 is 0 Å². The zero-order chi connectivity index (χ0) is 17.3. The summed E-state index contributed by atoms with van der Waals surface area (Å²) in [5, 5.41) is 14.0. The molecule has 0 unspecified atom stereocenters. The number of likely N-dealkylation sites (tertiary alicyclic amines) is 1. The molecule has 1 amide bonds. The van der Waals surface area contributed by atoms with Gasteiger partial charge in [0.2, 0.25) is 0 Å². The molecule has 1 N–H and O–H groups in total. The summed E-state index contributed by atoms with van der Waals surface area (Å²) in [7, 11) is 0. The van der Waals surface area contributed by atoms with Crippen LogP contribution in [-0.2, 0) is 11.3 Å². The second-order valence-electron chi connectivity index (χ2n) is 6.05. The van der Waals surface area contributed by atoms with Crippen LogP contribution in [0.2, 0.25) is 0 Å². The van der Waals surface area contributed by atoms with Crippen LogP contribution in [0.25, 0.3) is 0 Å². The molecule has 0 spiro atoms. The van der Waals surface area contributed by atoms with E-state index in [0.717, 1.165) is 35.8 Å². The molecule has 2 aromatic rings. The molecule has 1 aliphatic rings. The van der Waals surface area contributed by atoms with Crippen LogP contribution in [0, 0.1) is 13.8 Å². The van der Waals surface area contributed by atoms with Crippen molar-refractivity contribution < 1.29 is 14.7 Å². The molecular formula is C16H20N4O3S. The van der Waals surface area contributed by atoms with E-state index in [2.05, 4.69) is 10.1 Å². The minimum absolute atomic E-state index is 0.0205. The Labute approximate surface area is 143 Å². The number of hydrogen-bond acceptors (Lipinski definition) is 5. The highest BCUT2D eigenvalue weighted by Crippen LogP contribution is 2.29. The number of aliphatic carboxylic acids is 1. The highest BCUT2D eigenvalue weighted by atomic mass is 32.1. The number of aryl methyl sites for hydroxylation is 2. The van der Waals surface area contributed by atoms with Gasteiger partial charge in [-0.15, -0.1) is 11.3 Å². The fourth-order valence-electron chi connectivity index (χ4n) is 3.23. The van der Waals surface area contributed by atoms with E-state index in [9.17, 15) is 9.59 Å². The zero-order valence-corrected chi connectivity index (χ0v) is 14.5. The van der Waals surface area contributed by atoms with Crippen LogP contribution in [0.5, 0.6) is 0 Å². The molecule has 1 aliphatic heterocycles. The first kappa shape index (κ1) is 16.6. The van der Waals surface area contributed by atoms with Crippen LogP contribution < -0.4 is 0 Å². The summed E-state index contributed by atoms with van der Waals surface area (Å²) < 4.78 is 1.52. The van der Waals surface area contributed by atoms with Gasteiger partial charge in [-0.2, -0.15) is 5.10 Å². The summed E-state index contributed by atoms with van der Waals surface area (Å²) in [5.74, 6) is -0.787. The molecule has 0 aliphatic carbocycles. The molecule has 0 radical (unpaired) electrons. The van der Waals surface area contributed by atoms with Crippen LogP contribution in [0.4, 0.5) is 0 Å². The van der Waals surface area contributed by atoms with Gasteiger partial charge in [-0.25, -0.2) is 4.98 Å². The molecule has 2 aromatic heterocycles. The maximum Gasteiger partial charge on any atom is 0.325 e. The molecule has 1 atom stereocenters. The molecule has 8 heteroatoms. The highest BCUT2D eigenvalue weighted by Gasteiger charge is 2.29.